The van der Waals surface area contributed by atoms with Crippen molar-refractivity contribution in [3.63, 3.8) is 0 Å². The summed E-state index contributed by atoms with van der Waals surface area (Å²) in [5, 5.41) is 5.54. The first-order chi connectivity index (χ1) is 11.8. The number of H-pyrrole nitrogens is 1. The van der Waals surface area contributed by atoms with Gasteiger partial charge in [0.15, 0.2) is 0 Å². The summed E-state index contributed by atoms with van der Waals surface area (Å²) in [5.41, 5.74) is 3.30. The Labute approximate surface area is 146 Å². The topological polar surface area (TPSA) is 96.1 Å². The minimum atomic E-state index is -0.531. The second-order valence-electron chi connectivity index (χ2n) is 7.02. The van der Waals surface area contributed by atoms with Gasteiger partial charge < -0.3 is 20.4 Å². The van der Waals surface area contributed by atoms with E-state index in [1.165, 1.54) is 0 Å². The highest BCUT2D eigenvalue weighted by atomic mass is 16.6. The molecule has 2 aromatic rings. The summed E-state index contributed by atoms with van der Waals surface area (Å²) in [6.07, 6.45) is 2.49. The van der Waals surface area contributed by atoms with Gasteiger partial charge in [-0.25, -0.2) is 9.78 Å². The summed E-state index contributed by atoms with van der Waals surface area (Å²) in [4.78, 5) is 30.6. The minimum Gasteiger partial charge on any atom is -0.444 e. The maximum atomic E-state index is 11.7. The van der Waals surface area contributed by atoms with Gasteiger partial charge in [-0.2, -0.15) is 0 Å². The number of benzene rings is 1. The van der Waals surface area contributed by atoms with Gasteiger partial charge in [0.1, 0.15) is 11.4 Å². The highest BCUT2D eigenvalue weighted by molar-refractivity contribution is 5.94. The molecule has 132 valence electrons. The second kappa shape index (κ2) is 6.58. The van der Waals surface area contributed by atoms with Crippen LogP contribution in [-0.4, -0.2) is 27.6 Å². The van der Waals surface area contributed by atoms with E-state index in [0.717, 1.165) is 28.9 Å². The molecule has 0 spiro atoms. The lowest BCUT2D eigenvalue weighted by Crippen LogP contribution is -2.32. The molecular formula is C18H22N4O3. The highest BCUT2D eigenvalue weighted by Gasteiger charge is 2.17. The molecule has 7 nitrogen and oxygen atoms in total. The predicted octanol–water partition coefficient (Wildman–Crippen LogP) is 2.99. The highest BCUT2D eigenvalue weighted by Crippen LogP contribution is 2.27. The number of imidazole rings is 1. The van der Waals surface area contributed by atoms with Crippen LogP contribution in [0.3, 0.4) is 0 Å². The average Bonchev–Trinajstić information content (AvgIpc) is 3.00. The largest absolute Gasteiger partial charge is 0.444 e. The Hall–Kier alpha value is -2.83. The van der Waals surface area contributed by atoms with Crippen LogP contribution in [0, 0.1) is 0 Å². The number of ether oxygens (including phenoxy) is 1. The van der Waals surface area contributed by atoms with Crippen molar-refractivity contribution in [3.05, 3.63) is 35.8 Å². The first kappa shape index (κ1) is 17.0. The molecule has 2 heterocycles. The van der Waals surface area contributed by atoms with E-state index in [2.05, 4.69) is 20.6 Å². The van der Waals surface area contributed by atoms with Crippen LogP contribution in [0.5, 0.6) is 0 Å². The van der Waals surface area contributed by atoms with Gasteiger partial charge in [-0.1, -0.05) is 6.07 Å². The Morgan fingerprint density at radius 2 is 2.12 bits per heavy atom. The molecule has 0 radical (unpaired) electrons. The molecule has 0 unspecified atom stereocenters. The van der Waals surface area contributed by atoms with E-state index in [0.29, 0.717) is 12.2 Å². The SMILES string of the molecule is CC(C)(C)OC(=O)NCc1ncc(-c2ccc3c(c2)CCC(=O)N3)[nH]1. The molecule has 0 bridgehead atoms. The van der Waals surface area contributed by atoms with Gasteiger partial charge in [0.25, 0.3) is 0 Å². The number of aryl methyl sites for hydroxylation is 1. The molecule has 2 amide bonds. The fraction of sp³-hybridized carbons (Fsp3) is 0.389. The molecule has 0 atom stereocenters. The van der Waals surface area contributed by atoms with Crippen molar-refractivity contribution in [2.45, 2.75) is 45.8 Å². The third-order valence-electron chi connectivity index (χ3n) is 3.74. The molecular weight excluding hydrogens is 320 g/mol. The van der Waals surface area contributed by atoms with Gasteiger partial charge in [0.2, 0.25) is 5.91 Å². The molecule has 0 fully saturated rings. The molecule has 3 rings (SSSR count). The first-order valence-electron chi connectivity index (χ1n) is 8.24. The standard InChI is InChI=1S/C18H22N4O3/c1-18(2,3)25-17(24)20-10-15-19-9-14(21-15)12-4-6-13-11(8-12)5-7-16(23)22-13/h4,6,8-9H,5,7,10H2,1-3H3,(H,19,21)(H,20,24)(H,22,23). The van der Waals surface area contributed by atoms with Crippen LogP contribution in [-0.2, 0) is 22.5 Å². The number of carbonyl (C=O) groups is 2. The Morgan fingerprint density at radius 3 is 2.88 bits per heavy atom. The third-order valence-corrected chi connectivity index (χ3v) is 3.74. The molecule has 1 aliphatic rings. The summed E-state index contributed by atoms with van der Waals surface area (Å²) in [7, 11) is 0. The van der Waals surface area contributed by atoms with E-state index in [1.807, 2.05) is 39.0 Å². The van der Waals surface area contributed by atoms with Crippen molar-refractivity contribution in [1.29, 1.82) is 0 Å². The maximum absolute atomic E-state index is 11.7. The Kier molecular flexibility index (Phi) is 4.48. The lowest BCUT2D eigenvalue weighted by molar-refractivity contribution is -0.116. The Bertz CT molecular complexity index is 805. The number of aromatic amines is 1. The number of fused-ring (bicyclic) bond motifs is 1. The number of alkyl carbamates (subject to hydrolysis) is 1. The fourth-order valence-corrected chi connectivity index (χ4v) is 2.62. The number of carbonyl (C=O) groups excluding carboxylic acids is 2. The Morgan fingerprint density at radius 1 is 1.32 bits per heavy atom. The molecule has 0 aliphatic carbocycles. The van der Waals surface area contributed by atoms with Gasteiger partial charge >= 0.3 is 6.09 Å². The number of anilines is 1. The smallest absolute Gasteiger partial charge is 0.408 e. The van der Waals surface area contributed by atoms with Crippen molar-refractivity contribution >= 4 is 17.7 Å². The monoisotopic (exact) mass is 342 g/mol. The lowest BCUT2D eigenvalue weighted by Gasteiger charge is -2.19. The molecule has 0 saturated carbocycles. The van der Waals surface area contributed by atoms with Crippen LogP contribution >= 0.6 is 0 Å². The second-order valence-corrected chi connectivity index (χ2v) is 7.02. The van der Waals surface area contributed by atoms with Crippen LogP contribution < -0.4 is 10.6 Å². The molecule has 25 heavy (non-hydrogen) atoms. The van der Waals surface area contributed by atoms with Crippen LogP contribution in [0.15, 0.2) is 24.4 Å². The minimum absolute atomic E-state index is 0.0530. The van der Waals surface area contributed by atoms with Gasteiger partial charge in [0.05, 0.1) is 18.4 Å². The number of amides is 2. The summed E-state index contributed by atoms with van der Waals surface area (Å²) < 4.78 is 5.20. The van der Waals surface area contributed by atoms with Gasteiger partial charge in [-0.05, 0) is 50.5 Å². The third kappa shape index (κ3) is 4.37. The molecule has 3 N–H and O–H groups in total. The molecule has 1 aliphatic heterocycles. The van der Waals surface area contributed by atoms with Gasteiger partial charge in [0, 0.05) is 12.1 Å². The number of hydrogen-bond donors (Lipinski definition) is 3. The van der Waals surface area contributed by atoms with E-state index < -0.39 is 11.7 Å². The van der Waals surface area contributed by atoms with Crippen molar-refractivity contribution < 1.29 is 14.3 Å². The van der Waals surface area contributed by atoms with Crippen LogP contribution in [0.1, 0.15) is 38.6 Å². The summed E-state index contributed by atoms with van der Waals surface area (Å²) >= 11 is 0. The summed E-state index contributed by atoms with van der Waals surface area (Å²) in [5.74, 6) is 0.698. The Balaban J connectivity index is 1.66. The number of aromatic nitrogens is 2. The number of hydrogen-bond acceptors (Lipinski definition) is 4. The van der Waals surface area contributed by atoms with Gasteiger partial charge in [-0.3, -0.25) is 4.79 Å². The van der Waals surface area contributed by atoms with Crippen molar-refractivity contribution in [3.8, 4) is 11.3 Å². The van der Waals surface area contributed by atoms with E-state index in [-0.39, 0.29) is 12.5 Å². The number of nitrogens with one attached hydrogen (secondary N) is 3. The van der Waals surface area contributed by atoms with E-state index >= 15 is 0 Å². The summed E-state index contributed by atoms with van der Waals surface area (Å²) in [6, 6.07) is 5.89. The van der Waals surface area contributed by atoms with E-state index in [1.54, 1.807) is 6.20 Å². The molecule has 1 aromatic heterocycles. The zero-order chi connectivity index (χ0) is 18.0. The van der Waals surface area contributed by atoms with Crippen molar-refractivity contribution in [1.82, 2.24) is 15.3 Å². The van der Waals surface area contributed by atoms with Crippen molar-refractivity contribution in [2.75, 3.05) is 5.32 Å². The van der Waals surface area contributed by atoms with Gasteiger partial charge in [-0.15, -0.1) is 0 Å². The van der Waals surface area contributed by atoms with E-state index in [4.69, 9.17) is 4.74 Å². The van der Waals surface area contributed by atoms with Crippen LogP contribution in [0.2, 0.25) is 0 Å². The molecule has 1 aromatic carbocycles. The zero-order valence-electron chi connectivity index (χ0n) is 14.6. The van der Waals surface area contributed by atoms with Crippen LogP contribution in [0.25, 0.3) is 11.3 Å². The number of rotatable bonds is 3. The lowest BCUT2D eigenvalue weighted by atomic mass is 9.99. The zero-order valence-corrected chi connectivity index (χ0v) is 14.6. The normalized spacial score (nSPS) is 13.8. The van der Waals surface area contributed by atoms with Crippen LogP contribution in [0.4, 0.5) is 10.5 Å². The summed E-state index contributed by atoms with van der Waals surface area (Å²) in [6.45, 7) is 5.71. The first-order valence-corrected chi connectivity index (χ1v) is 8.24. The predicted molar refractivity (Wildman–Crippen MR) is 94.0 cm³/mol. The molecule has 0 saturated heterocycles. The average molecular weight is 342 g/mol. The quantitative estimate of drug-likeness (QED) is 0.799. The van der Waals surface area contributed by atoms with E-state index in [9.17, 15) is 9.59 Å². The fourth-order valence-electron chi connectivity index (χ4n) is 2.62. The maximum Gasteiger partial charge on any atom is 0.408 e. The number of nitrogens with zero attached hydrogens (tertiary/aromatic N) is 1. The van der Waals surface area contributed by atoms with Crippen molar-refractivity contribution in [2.24, 2.45) is 0 Å². The molecule has 7 heteroatoms.